The SMILES string of the molecule is Cc1cn2nc([C@@H]3CCCCN3C(=O)c3cc(I)ccn3)cc2nc1N1C[C@@H](C#N)[C@@H](C)C1. The monoisotopic (exact) mass is 555 g/mol. The van der Waals surface area contributed by atoms with E-state index in [4.69, 9.17) is 10.1 Å². The third kappa shape index (κ3) is 4.16. The molecule has 0 aromatic carbocycles. The van der Waals surface area contributed by atoms with E-state index in [0.29, 0.717) is 24.7 Å². The summed E-state index contributed by atoms with van der Waals surface area (Å²) in [5.74, 6) is 1.22. The molecule has 2 fully saturated rings. The van der Waals surface area contributed by atoms with Gasteiger partial charge in [-0.1, -0.05) is 6.92 Å². The molecule has 3 aromatic rings. The number of nitriles is 1. The summed E-state index contributed by atoms with van der Waals surface area (Å²) < 4.78 is 2.81. The minimum absolute atomic E-state index is 0.0272. The summed E-state index contributed by atoms with van der Waals surface area (Å²) in [5, 5.41) is 14.2. The number of aryl methyl sites for hydroxylation is 1. The van der Waals surface area contributed by atoms with Crippen LogP contribution in [0.15, 0.2) is 30.6 Å². The van der Waals surface area contributed by atoms with E-state index in [1.807, 2.05) is 40.7 Å². The Kier molecular flexibility index (Phi) is 5.95. The third-order valence-corrected chi connectivity index (χ3v) is 7.42. The number of fused-ring (bicyclic) bond motifs is 1. The highest BCUT2D eigenvalue weighted by molar-refractivity contribution is 14.1. The number of likely N-dealkylation sites (tertiary alicyclic amines) is 1. The largest absolute Gasteiger partial charge is 0.355 e. The first-order valence-electron chi connectivity index (χ1n) is 11.4. The predicted octanol–water partition coefficient (Wildman–Crippen LogP) is 4.00. The van der Waals surface area contributed by atoms with Crippen molar-refractivity contribution in [1.29, 1.82) is 5.26 Å². The molecule has 0 radical (unpaired) electrons. The molecule has 0 N–H and O–H groups in total. The van der Waals surface area contributed by atoms with Crippen molar-refractivity contribution in [2.45, 2.75) is 39.2 Å². The summed E-state index contributed by atoms with van der Waals surface area (Å²) in [6.07, 6.45) is 6.60. The first-order chi connectivity index (χ1) is 15.9. The number of rotatable bonds is 3. The van der Waals surface area contributed by atoms with E-state index >= 15 is 0 Å². The Hall–Kier alpha value is -2.74. The summed E-state index contributed by atoms with van der Waals surface area (Å²) in [7, 11) is 0. The average molecular weight is 555 g/mol. The van der Waals surface area contributed by atoms with E-state index in [0.717, 1.165) is 52.1 Å². The number of hydrogen-bond donors (Lipinski definition) is 0. The number of hydrogen-bond acceptors (Lipinski definition) is 6. The molecule has 0 bridgehead atoms. The summed E-state index contributed by atoms with van der Waals surface area (Å²) in [6, 6.07) is 8.05. The number of anilines is 1. The molecule has 0 spiro atoms. The topological polar surface area (TPSA) is 90.4 Å². The number of amides is 1. The molecule has 2 aliphatic rings. The molecular formula is C24H26IN7O. The van der Waals surface area contributed by atoms with Crippen LogP contribution in [0.2, 0.25) is 0 Å². The van der Waals surface area contributed by atoms with Crippen LogP contribution in [-0.4, -0.2) is 50.0 Å². The van der Waals surface area contributed by atoms with Crippen molar-refractivity contribution in [3.05, 3.63) is 51.1 Å². The van der Waals surface area contributed by atoms with Crippen LogP contribution in [-0.2, 0) is 0 Å². The lowest BCUT2D eigenvalue weighted by Gasteiger charge is -2.34. The fraction of sp³-hybridized carbons (Fsp3) is 0.458. The summed E-state index contributed by atoms with van der Waals surface area (Å²) >= 11 is 2.21. The summed E-state index contributed by atoms with van der Waals surface area (Å²) in [5.41, 5.74) is 3.14. The standard InChI is InChI=1S/C24H26IN7O/c1-15-12-30(14-17(15)11-26)23-16(2)13-32-22(28-23)10-19(29-32)21-5-3-4-8-31(21)24(33)20-9-18(25)6-7-27-20/h6-7,9-10,13,15,17,21H,3-5,8,12,14H2,1-2H3/t15-,17+,21-/m0/s1. The van der Waals surface area contributed by atoms with Crippen LogP contribution in [0.3, 0.4) is 0 Å². The first kappa shape index (κ1) is 22.1. The minimum Gasteiger partial charge on any atom is -0.355 e. The maximum atomic E-state index is 13.3. The van der Waals surface area contributed by atoms with Gasteiger partial charge >= 0.3 is 0 Å². The lowest BCUT2D eigenvalue weighted by atomic mass is 9.99. The Bertz CT molecular complexity index is 1250. The van der Waals surface area contributed by atoms with E-state index in [1.165, 1.54) is 0 Å². The number of piperidine rings is 1. The molecule has 5 rings (SSSR count). The van der Waals surface area contributed by atoms with Gasteiger partial charge in [0.2, 0.25) is 0 Å². The quantitative estimate of drug-likeness (QED) is 0.454. The highest BCUT2D eigenvalue weighted by Crippen LogP contribution is 2.33. The summed E-state index contributed by atoms with van der Waals surface area (Å²) in [4.78, 5) is 26.6. The Labute approximate surface area is 206 Å². The lowest BCUT2D eigenvalue weighted by molar-refractivity contribution is 0.0599. The average Bonchev–Trinajstić information content (AvgIpc) is 3.40. The van der Waals surface area contributed by atoms with E-state index in [2.05, 4.69) is 45.5 Å². The highest BCUT2D eigenvalue weighted by Gasteiger charge is 2.33. The molecule has 170 valence electrons. The minimum atomic E-state index is -0.0915. The van der Waals surface area contributed by atoms with E-state index < -0.39 is 0 Å². The van der Waals surface area contributed by atoms with Crippen LogP contribution in [0, 0.1) is 33.7 Å². The van der Waals surface area contributed by atoms with Crippen molar-refractivity contribution in [2.24, 2.45) is 11.8 Å². The number of pyridine rings is 1. The van der Waals surface area contributed by atoms with Crippen LogP contribution in [0.4, 0.5) is 5.82 Å². The van der Waals surface area contributed by atoms with Gasteiger partial charge in [0.25, 0.3) is 5.91 Å². The van der Waals surface area contributed by atoms with Crippen LogP contribution in [0.1, 0.15) is 54.0 Å². The second kappa shape index (κ2) is 8.89. The van der Waals surface area contributed by atoms with Gasteiger partial charge in [0.15, 0.2) is 5.65 Å². The molecule has 3 atom stereocenters. The van der Waals surface area contributed by atoms with Gasteiger partial charge in [-0.3, -0.25) is 9.78 Å². The predicted molar refractivity (Wildman–Crippen MR) is 133 cm³/mol. The van der Waals surface area contributed by atoms with Gasteiger partial charge in [0, 0.05) is 47.2 Å². The Morgan fingerprint density at radius 2 is 2.12 bits per heavy atom. The molecule has 33 heavy (non-hydrogen) atoms. The smallest absolute Gasteiger partial charge is 0.273 e. The van der Waals surface area contributed by atoms with Crippen molar-refractivity contribution >= 4 is 40.0 Å². The van der Waals surface area contributed by atoms with Gasteiger partial charge < -0.3 is 9.80 Å². The van der Waals surface area contributed by atoms with Crippen LogP contribution in [0.5, 0.6) is 0 Å². The van der Waals surface area contributed by atoms with Gasteiger partial charge in [-0.2, -0.15) is 10.4 Å². The molecule has 8 nitrogen and oxygen atoms in total. The zero-order valence-corrected chi connectivity index (χ0v) is 20.9. The first-order valence-corrected chi connectivity index (χ1v) is 12.5. The van der Waals surface area contributed by atoms with Gasteiger partial charge in [0.05, 0.1) is 23.7 Å². The Morgan fingerprint density at radius 3 is 2.88 bits per heavy atom. The van der Waals surface area contributed by atoms with Crippen molar-refractivity contribution in [3.63, 3.8) is 0 Å². The molecule has 9 heteroatoms. The highest BCUT2D eigenvalue weighted by atomic mass is 127. The fourth-order valence-electron chi connectivity index (χ4n) is 4.96. The molecule has 5 heterocycles. The molecule has 0 unspecified atom stereocenters. The zero-order valence-electron chi connectivity index (χ0n) is 18.8. The molecule has 2 saturated heterocycles. The van der Waals surface area contributed by atoms with E-state index in [-0.39, 0.29) is 17.9 Å². The van der Waals surface area contributed by atoms with Gasteiger partial charge in [0.1, 0.15) is 11.5 Å². The number of aromatic nitrogens is 4. The maximum Gasteiger partial charge on any atom is 0.273 e. The third-order valence-electron chi connectivity index (χ3n) is 6.75. The lowest BCUT2D eigenvalue weighted by Crippen LogP contribution is -2.39. The van der Waals surface area contributed by atoms with Gasteiger partial charge in [-0.15, -0.1) is 0 Å². The Morgan fingerprint density at radius 1 is 1.27 bits per heavy atom. The fourth-order valence-corrected chi connectivity index (χ4v) is 5.42. The van der Waals surface area contributed by atoms with Crippen LogP contribution in [0.25, 0.3) is 5.65 Å². The molecule has 0 aliphatic carbocycles. The van der Waals surface area contributed by atoms with Crippen molar-refractivity contribution < 1.29 is 4.79 Å². The Balaban J connectivity index is 1.46. The molecule has 0 saturated carbocycles. The number of carbonyl (C=O) groups is 1. The number of halogens is 1. The second-order valence-corrected chi connectivity index (χ2v) is 10.4. The van der Waals surface area contributed by atoms with Crippen LogP contribution >= 0.6 is 22.6 Å². The van der Waals surface area contributed by atoms with Crippen molar-refractivity contribution in [2.75, 3.05) is 24.5 Å². The number of nitrogens with zero attached hydrogens (tertiary/aromatic N) is 7. The van der Waals surface area contributed by atoms with Crippen LogP contribution < -0.4 is 4.90 Å². The van der Waals surface area contributed by atoms with E-state index in [9.17, 15) is 10.1 Å². The zero-order chi connectivity index (χ0) is 23.1. The number of carbonyl (C=O) groups excluding carboxylic acids is 1. The molecule has 3 aromatic heterocycles. The molecule has 1 amide bonds. The second-order valence-electron chi connectivity index (χ2n) is 9.11. The summed E-state index contributed by atoms with van der Waals surface area (Å²) in [6.45, 7) is 6.39. The van der Waals surface area contributed by atoms with Gasteiger partial charge in [-0.05, 0) is 66.8 Å². The van der Waals surface area contributed by atoms with Crippen molar-refractivity contribution in [1.82, 2.24) is 24.5 Å². The van der Waals surface area contributed by atoms with Crippen molar-refractivity contribution in [3.8, 4) is 6.07 Å². The molecular weight excluding hydrogens is 529 g/mol. The van der Waals surface area contributed by atoms with Gasteiger partial charge in [-0.25, -0.2) is 9.50 Å². The molecule has 2 aliphatic heterocycles. The normalized spacial score (nSPS) is 23.2. The van der Waals surface area contributed by atoms with E-state index in [1.54, 1.807) is 6.20 Å². The maximum absolute atomic E-state index is 13.3.